The summed E-state index contributed by atoms with van der Waals surface area (Å²) in [5, 5.41) is 0. The van der Waals surface area contributed by atoms with Gasteiger partial charge in [0, 0.05) is 25.7 Å². The minimum absolute atomic E-state index is 0.0954. The standard InChI is InChI=1S/C12H19N3O2/c1-12(2,3)15-6-9(7-15)17-10-5-11(16)14(4)8-13-10/h5,8-9H,6-7H2,1-4H3. The number of ether oxygens (including phenoxy) is 1. The molecule has 0 bridgehead atoms. The Morgan fingerprint density at radius 3 is 2.59 bits per heavy atom. The van der Waals surface area contributed by atoms with Gasteiger partial charge in [-0.05, 0) is 20.8 Å². The van der Waals surface area contributed by atoms with Gasteiger partial charge in [0.25, 0.3) is 5.56 Å². The predicted molar refractivity (Wildman–Crippen MR) is 65.2 cm³/mol. The molecular weight excluding hydrogens is 218 g/mol. The zero-order valence-corrected chi connectivity index (χ0v) is 10.8. The fourth-order valence-corrected chi connectivity index (χ4v) is 1.74. The third kappa shape index (κ3) is 2.66. The van der Waals surface area contributed by atoms with Gasteiger partial charge in [-0.1, -0.05) is 0 Å². The van der Waals surface area contributed by atoms with Gasteiger partial charge in [-0.25, -0.2) is 4.98 Å². The van der Waals surface area contributed by atoms with Crippen LogP contribution in [0, 0.1) is 0 Å². The second-order valence-electron chi connectivity index (χ2n) is 5.49. The van der Waals surface area contributed by atoms with Crippen molar-refractivity contribution in [2.75, 3.05) is 13.1 Å². The minimum Gasteiger partial charge on any atom is -0.471 e. The smallest absolute Gasteiger partial charge is 0.256 e. The molecule has 1 fully saturated rings. The summed E-state index contributed by atoms with van der Waals surface area (Å²) in [6.45, 7) is 8.32. The van der Waals surface area contributed by atoms with Crippen molar-refractivity contribution >= 4 is 0 Å². The first-order chi connectivity index (χ1) is 7.86. The summed E-state index contributed by atoms with van der Waals surface area (Å²) in [4.78, 5) is 17.8. The molecule has 0 spiro atoms. The van der Waals surface area contributed by atoms with Crippen molar-refractivity contribution in [2.24, 2.45) is 7.05 Å². The maximum atomic E-state index is 11.4. The first kappa shape index (κ1) is 12.1. The highest BCUT2D eigenvalue weighted by Gasteiger charge is 2.35. The van der Waals surface area contributed by atoms with E-state index in [0.29, 0.717) is 5.88 Å². The molecule has 0 radical (unpaired) electrons. The summed E-state index contributed by atoms with van der Waals surface area (Å²) in [7, 11) is 1.67. The quantitative estimate of drug-likeness (QED) is 0.757. The Labute approximate surface area is 101 Å². The first-order valence-electron chi connectivity index (χ1n) is 5.80. The summed E-state index contributed by atoms with van der Waals surface area (Å²) in [5.74, 6) is 0.423. The lowest BCUT2D eigenvalue weighted by Crippen LogP contribution is -2.60. The van der Waals surface area contributed by atoms with Gasteiger partial charge in [0.1, 0.15) is 12.4 Å². The molecule has 94 valence electrons. The molecule has 2 rings (SSSR count). The van der Waals surface area contributed by atoms with Crippen LogP contribution in [0.15, 0.2) is 17.2 Å². The van der Waals surface area contributed by atoms with E-state index < -0.39 is 0 Å². The molecule has 5 nitrogen and oxygen atoms in total. The predicted octanol–water partition coefficient (Wildman–Crippen LogP) is 0.642. The molecule has 1 saturated heterocycles. The molecule has 0 saturated carbocycles. The van der Waals surface area contributed by atoms with Crippen molar-refractivity contribution in [3.8, 4) is 5.88 Å². The Bertz CT molecular complexity index is 456. The van der Waals surface area contributed by atoms with E-state index in [4.69, 9.17) is 4.74 Å². The van der Waals surface area contributed by atoms with Crippen LogP contribution in [0.3, 0.4) is 0 Å². The Kier molecular flexibility index (Phi) is 2.95. The molecule has 2 heterocycles. The van der Waals surface area contributed by atoms with Gasteiger partial charge in [-0.2, -0.15) is 0 Å². The van der Waals surface area contributed by atoms with E-state index >= 15 is 0 Å². The van der Waals surface area contributed by atoms with Crippen LogP contribution in [-0.2, 0) is 7.05 Å². The SMILES string of the molecule is Cn1cnc(OC2CN(C(C)(C)C)C2)cc1=O. The molecule has 17 heavy (non-hydrogen) atoms. The average Bonchev–Trinajstić information content (AvgIpc) is 2.14. The fraction of sp³-hybridized carbons (Fsp3) is 0.667. The van der Waals surface area contributed by atoms with E-state index in [1.165, 1.54) is 17.0 Å². The van der Waals surface area contributed by atoms with Crippen LogP contribution in [-0.4, -0.2) is 39.2 Å². The highest BCUT2D eigenvalue weighted by atomic mass is 16.5. The number of aryl methyl sites for hydroxylation is 1. The molecule has 0 aromatic carbocycles. The first-order valence-corrected chi connectivity index (χ1v) is 5.80. The van der Waals surface area contributed by atoms with Crippen molar-refractivity contribution in [2.45, 2.75) is 32.4 Å². The van der Waals surface area contributed by atoms with Crippen LogP contribution >= 0.6 is 0 Å². The van der Waals surface area contributed by atoms with Crippen molar-refractivity contribution in [3.05, 3.63) is 22.7 Å². The summed E-state index contributed by atoms with van der Waals surface area (Å²) in [5.41, 5.74) is 0.0853. The highest BCUT2D eigenvalue weighted by molar-refractivity contribution is 5.08. The van der Waals surface area contributed by atoms with Crippen LogP contribution < -0.4 is 10.3 Å². The Hall–Kier alpha value is -1.36. The fourth-order valence-electron chi connectivity index (χ4n) is 1.74. The van der Waals surface area contributed by atoms with E-state index in [1.807, 2.05) is 0 Å². The van der Waals surface area contributed by atoms with E-state index in [9.17, 15) is 4.79 Å². The maximum Gasteiger partial charge on any atom is 0.256 e. The van der Waals surface area contributed by atoms with Gasteiger partial charge < -0.3 is 9.30 Å². The molecule has 0 atom stereocenters. The summed E-state index contributed by atoms with van der Waals surface area (Å²) in [6, 6.07) is 1.43. The van der Waals surface area contributed by atoms with Gasteiger partial charge >= 0.3 is 0 Å². The van der Waals surface area contributed by atoms with Crippen LogP contribution in [0.5, 0.6) is 5.88 Å². The van der Waals surface area contributed by atoms with Gasteiger partial charge in [0.05, 0.1) is 6.07 Å². The number of hydrogen-bond donors (Lipinski definition) is 0. The maximum absolute atomic E-state index is 11.4. The molecule has 1 aliphatic heterocycles. The summed E-state index contributed by atoms with van der Waals surface area (Å²) < 4.78 is 7.07. The molecule has 0 N–H and O–H groups in total. The minimum atomic E-state index is -0.0954. The van der Waals surface area contributed by atoms with E-state index in [0.717, 1.165) is 13.1 Å². The van der Waals surface area contributed by atoms with Crippen molar-refractivity contribution < 1.29 is 4.74 Å². The zero-order valence-electron chi connectivity index (χ0n) is 10.8. The average molecular weight is 237 g/mol. The molecule has 0 aliphatic carbocycles. The number of rotatable bonds is 2. The van der Waals surface area contributed by atoms with Crippen molar-refractivity contribution in [3.63, 3.8) is 0 Å². The third-order valence-electron chi connectivity index (χ3n) is 3.04. The molecular formula is C12H19N3O2. The lowest BCUT2D eigenvalue weighted by atomic mass is 9.99. The van der Waals surface area contributed by atoms with Crippen molar-refractivity contribution in [1.29, 1.82) is 0 Å². The molecule has 5 heteroatoms. The van der Waals surface area contributed by atoms with Crippen LogP contribution in [0.25, 0.3) is 0 Å². The lowest BCUT2D eigenvalue weighted by Gasteiger charge is -2.46. The Morgan fingerprint density at radius 2 is 2.06 bits per heavy atom. The molecule has 0 unspecified atom stereocenters. The van der Waals surface area contributed by atoms with Crippen LogP contribution in [0.2, 0.25) is 0 Å². The highest BCUT2D eigenvalue weighted by Crippen LogP contribution is 2.23. The molecule has 1 aliphatic rings. The van der Waals surface area contributed by atoms with Crippen LogP contribution in [0.1, 0.15) is 20.8 Å². The Morgan fingerprint density at radius 1 is 1.41 bits per heavy atom. The number of likely N-dealkylation sites (tertiary alicyclic amines) is 1. The van der Waals surface area contributed by atoms with Gasteiger partial charge in [0.2, 0.25) is 5.88 Å². The third-order valence-corrected chi connectivity index (χ3v) is 3.04. The van der Waals surface area contributed by atoms with Gasteiger partial charge in [0.15, 0.2) is 0 Å². The normalized spacial score (nSPS) is 17.9. The molecule has 1 aromatic rings. The molecule has 0 amide bonds. The number of hydrogen-bond acceptors (Lipinski definition) is 4. The zero-order chi connectivity index (χ0) is 12.6. The topological polar surface area (TPSA) is 47.4 Å². The summed E-state index contributed by atoms with van der Waals surface area (Å²) >= 11 is 0. The Balaban J connectivity index is 1.92. The van der Waals surface area contributed by atoms with E-state index in [2.05, 4.69) is 30.7 Å². The van der Waals surface area contributed by atoms with E-state index in [-0.39, 0.29) is 17.2 Å². The van der Waals surface area contributed by atoms with Gasteiger partial charge in [-0.3, -0.25) is 9.69 Å². The number of nitrogens with zero attached hydrogens (tertiary/aromatic N) is 3. The second-order valence-corrected chi connectivity index (χ2v) is 5.49. The van der Waals surface area contributed by atoms with Gasteiger partial charge in [-0.15, -0.1) is 0 Å². The van der Waals surface area contributed by atoms with Crippen LogP contribution in [0.4, 0.5) is 0 Å². The molecule has 1 aromatic heterocycles. The second kappa shape index (κ2) is 4.14. The largest absolute Gasteiger partial charge is 0.471 e. The summed E-state index contributed by atoms with van der Waals surface area (Å²) in [6.07, 6.45) is 1.63. The monoisotopic (exact) mass is 237 g/mol. The number of aromatic nitrogens is 2. The van der Waals surface area contributed by atoms with E-state index in [1.54, 1.807) is 7.05 Å². The lowest BCUT2D eigenvalue weighted by molar-refractivity contribution is -0.0369. The van der Waals surface area contributed by atoms with Crippen molar-refractivity contribution in [1.82, 2.24) is 14.5 Å².